The van der Waals surface area contributed by atoms with Gasteiger partial charge in [-0.2, -0.15) is 0 Å². The number of hydrogen-bond acceptors (Lipinski definition) is 3. The van der Waals surface area contributed by atoms with Gasteiger partial charge in [-0.25, -0.2) is 13.8 Å². The fourth-order valence-corrected chi connectivity index (χ4v) is 1.52. The monoisotopic (exact) mass is 255 g/mol. The first kappa shape index (κ1) is 11.6. The molecule has 0 bridgehead atoms. The lowest BCUT2D eigenvalue weighted by molar-refractivity contribution is 0.509. The van der Waals surface area contributed by atoms with E-state index >= 15 is 0 Å². The van der Waals surface area contributed by atoms with Crippen LogP contribution < -0.4 is 11.1 Å². The van der Waals surface area contributed by atoms with Crippen LogP contribution in [0.5, 0.6) is 0 Å². The quantitative estimate of drug-likeness (QED) is 0.809. The van der Waals surface area contributed by atoms with Crippen molar-refractivity contribution in [2.24, 2.45) is 0 Å². The minimum Gasteiger partial charge on any atom is -0.399 e. The maximum absolute atomic E-state index is 13.0. The van der Waals surface area contributed by atoms with Gasteiger partial charge in [-0.05, 0) is 18.2 Å². The number of aromatic nitrogens is 1. The molecule has 3 N–H and O–H groups in total. The van der Waals surface area contributed by atoms with Crippen LogP contribution in [0.2, 0.25) is 5.15 Å². The fraction of sp³-hybridized carbons (Fsp3) is 0. The Balaban J connectivity index is 2.28. The van der Waals surface area contributed by atoms with E-state index in [-0.39, 0.29) is 5.15 Å². The normalized spacial score (nSPS) is 10.3. The zero-order valence-corrected chi connectivity index (χ0v) is 9.30. The van der Waals surface area contributed by atoms with Crippen molar-refractivity contribution in [2.75, 3.05) is 11.1 Å². The Morgan fingerprint density at radius 2 is 1.88 bits per heavy atom. The Bertz CT molecular complexity index is 540. The van der Waals surface area contributed by atoms with Gasteiger partial charge in [0.05, 0.1) is 0 Å². The van der Waals surface area contributed by atoms with E-state index in [0.29, 0.717) is 17.2 Å². The summed E-state index contributed by atoms with van der Waals surface area (Å²) in [5, 5.41) is 2.99. The number of rotatable bonds is 2. The number of nitrogens with one attached hydrogen (secondary N) is 1. The molecule has 0 saturated carbocycles. The van der Waals surface area contributed by atoms with Crippen LogP contribution in [0, 0.1) is 11.6 Å². The molecule has 2 rings (SSSR count). The summed E-state index contributed by atoms with van der Waals surface area (Å²) in [5.74, 6) is -1.49. The minimum absolute atomic E-state index is 0.218. The number of pyridine rings is 1. The van der Waals surface area contributed by atoms with Crippen LogP contribution >= 0.6 is 11.6 Å². The number of hydrogen-bond donors (Lipinski definition) is 2. The van der Waals surface area contributed by atoms with E-state index in [1.54, 1.807) is 0 Å². The molecule has 0 aliphatic carbocycles. The van der Waals surface area contributed by atoms with Crippen molar-refractivity contribution in [3.63, 3.8) is 0 Å². The van der Waals surface area contributed by atoms with Gasteiger partial charge < -0.3 is 11.1 Å². The molecule has 0 saturated heterocycles. The smallest absolute Gasteiger partial charge is 0.160 e. The summed E-state index contributed by atoms with van der Waals surface area (Å²) < 4.78 is 25.7. The molecule has 6 heteroatoms. The molecule has 0 aliphatic heterocycles. The van der Waals surface area contributed by atoms with Gasteiger partial charge in [-0.1, -0.05) is 11.6 Å². The standard InChI is InChI=1S/C11H8ClF2N3/c12-10-3-6(15)4-11(17-10)16-7-1-2-8(13)9(14)5-7/h1-5H,(H3,15,16,17). The largest absolute Gasteiger partial charge is 0.399 e. The highest BCUT2D eigenvalue weighted by molar-refractivity contribution is 6.29. The van der Waals surface area contributed by atoms with E-state index in [2.05, 4.69) is 10.3 Å². The van der Waals surface area contributed by atoms with Crippen molar-refractivity contribution in [1.29, 1.82) is 0 Å². The predicted octanol–water partition coefficient (Wildman–Crippen LogP) is 3.34. The fourth-order valence-electron chi connectivity index (χ4n) is 1.30. The molecule has 0 aliphatic rings. The highest BCUT2D eigenvalue weighted by Crippen LogP contribution is 2.21. The lowest BCUT2D eigenvalue weighted by atomic mass is 10.3. The first-order valence-electron chi connectivity index (χ1n) is 4.70. The Morgan fingerprint density at radius 3 is 2.53 bits per heavy atom. The van der Waals surface area contributed by atoms with Crippen LogP contribution in [-0.4, -0.2) is 4.98 Å². The van der Waals surface area contributed by atoms with Crippen LogP contribution in [0.1, 0.15) is 0 Å². The van der Waals surface area contributed by atoms with Gasteiger partial charge in [-0.15, -0.1) is 0 Å². The van der Waals surface area contributed by atoms with Crippen LogP contribution in [0.4, 0.5) is 26.0 Å². The molecule has 0 atom stereocenters. The van der Waals surface area contributed by atoms with Gasteiger partial charge >= 0.3 is 0 Å². The Morgan fingerprint density at radius 1 is 1.12 bits per heavy atom. The summed E-state index contributed by atoms with van der Waals surface area (Å²) in [6.45, 7) is 0. The number of nitrogens with two attached hydrogens (primary N) is 1. The molecule has 0 radical (unpaired) electrons. The second-order valence-electron chi connectivity index (χ2n) is 3.36. The molecule has 0 unspecified atom stereocenters. The lowest BCUT2D eigenvalue weighted by Gasteiger charge is -2.07. The van der Waals surface area contributed by atoms with E-state index in [1.165, 1.54) is 18.2 Å². The van der Waals surface area contributed by atoms with Crippen LogP contribution in [0.15, 0.2) is 30.3 Å². The van der Waals surface area contributed by atoms with Crippen LogP contribution in [0.3, 0.4) is 0 Å². The lowest BCUT2D eigenvalue weighted by Crippen LogP contribution is -1.97. The molecule has 3 nitrogen and oxygen atoms in total. The molecule has 1 aromatic heterocycles. The summed E-state index contributed by atoms with van der Waals surface area (Å²) in [4.78, 5) is 3.94. The van der Waals surface area contributed by atoms with Gasteiger partial charge in [0, 0.05) is 23.5 Å². The second-order valence-corrected chi connectivity index (χ2v) is 3.75. The minimum atomic E-state index is -0.940. The zero-order valence-electron chi connectivity index (χ0n) is 8.55. The Kier molecular flexibility index (Phi) is 3.10. The third-order valence-corrected chi connectivity index (χ3v) is 2.20. The number of nitrogens with zero attached hydrogens (tertiary/aromatic N) is 1. The molecule has 1 heterocycles. The maximum atomic E-state index is 13.0. The highest BCUT2D eigenvalue weighted by atomic mass is 35.5. The third-order valence-electron chi connectivity index (χ3n) is 2.01. The third kappa shape index (κ3) is 2.82. The van der Waals surface area contributed by atoms with Crippen molar-refractivity contribution in [1.82, 2.24) is 4.98 Å². The first-order chi connectivity index (χ1) is 8.04. The van der Waals surface area contributed by atoms with Crippen molar-refractivity contribution >= 4 is 28.8 Å². The summed E-state index contributed by atoms with van der Waals surface area (Å²) in [6, 6.07) is 6.45. The molecule has 0 fully saturated rings. The van der Waals surface area contributed by atoms with Gasteiger partial charge in [0.15, 0.2) is 11.6 Å². The number of anilines is 3. The summed E-state index contributed by atoms with van der Waals surface area (Å²) in [7, 11) is 0. The number of nitrogen functional groups attached to an aromatic ring is 1. The Labute approximate surface area is 101 Å². The molecular weight excluding hydrogens is 248 g/mol. The van der Waals surface area contributed by atoms with Gasteiger partial charge in [-0.3, -0.25) is 0 Å². The molecule has 88 valence electrons. The van der Waals surface area contributed by atoms with E-state index in [0.717, 1.165) is 12.1 Å². The van der Waals surface area contributed by atoms with Crippen molar-refractivity contribution in [3.8, 4) is 0 Å². The van der Waals surface area contributed by atoms with E-state index < -0.39 is 11.6 Å². The number of halogens is 3. The van der Waals surface area contributed by atoms with Crippen molar-refractivity contribution < 1.29 is 8.78 Å². The zero-order chi connectivity index (χ0) is 12.4. The van der Waals surface area contributed by atoms with Gasteiger partial charge in [0.25, 0.3) is 0 Å². The second kappa shape index (κ2) is 4.55. The average Bonchev–Trinajstić information content (AvgIpc) is 2.22. The Hall–Kier alpha value is -1.88. The molecule has 1 aromatic carbocycles. The molecule has 0 spiro atoms. The van der Waals surface area contributed by atoms with Crippen LogP contribution in [-0.2, 0) is 0 Å². The predicted molar refractivity (Wildman–Crippen MR) is 63.3 cm³/mol. The molecule has 17 heavy (non-hydrogen) atoms. The molecule has 2 aromatic rings. The maximum Gasteiger partial charge on any atom is 0.160 e. The van der Waals surface area contributed by atoms with Gasteiger partial charge in [0.1, 0.15) is 11.0 Å². The van der Waals surface area contributed by atoms with Crippen molar-refractivity contribution in [2.45, 2.75) is 0 Å². The summed E-state index contributed by atoms with van der Waals surface area (Å²) in [5.41, 5.74) is 6.35. The topological polar surface area (TPSA) is 50.9 Å². The number of benzene rings is 1. The van der Waals surface area contributed by atoms with E-state index in [4.69, 9.17) is 17.3 Å². The van der Waals surface area contributed by atoms with Crippen LogP contribution in [0.25, 0.3) is 0 Å². The molecule has 0 amide bonds. The van der Waals surface area contributed by atoms with Crippen molar-refractivity contribution in [3.05, 3.63) is 47.1 Å². The first-order valence-corrected chi connectivity index (χ1v) is 5.07. The average molecular weight is 256 g/mol. The SMILES string of the molecule is Nc1cc(Cl)nc(Nc2ccc(F)c(F)c2)c1. The summed E-state index contributed by atoms with van der Waals surface area (Å²) >= 11 is 5.71. The van der Waals surface area contributed by atoms with Gasteiger partial charge in [0.2, 0.25) is 0 Å². The van der Waals surface area contributed by atoms with E-state index in [9.17, 15) is 8.78 Å². The summed E-state index contributed by atoms with van der Waals surface area (Å²) in [6.07, 6.45) is 0. The molecular formula is C11H8ClF2N3. The highest BCUT2D eigenvalue weighted by Gasteiger charge is 2.04. The van der Waals surface area contributed by atoms with E-state index in [1.807, 2.05) is 0 Å².